The average Bonchev–Trinajstić information content (AvgIpc) is 3.35. The van der Waals surface area contributed by atoms with Crippen LogP contribution in [0.5, 0.6) is 0 Å². The standard InChI is InChI=1S/C19H17F2N3O3S/c20-14-8-9-16(21)17(11-14)28(25,26)24-10-4-7-15(24)12-18-22-19(27-23-18)13-5-2-1-3-6-13/h1-3,5-6,8-9,11,15H,4,7,10,12H2. The van der Waals surface area contributed by atoms with Gasteiger partial charge in [-0.15, -0.1) is 0 Å². The molecular weight excluding hydrogens is 388 g/mol. The summed E-state index contributed by atoms with van der Waals surface area (Å²) in [7, 11) is -4.17. The zero-order valence-corrected chi connectivity index (χ0v) is 15.6. The van der Waals surface area contributed by atoms with Crippen molar-refractivity contribution in [3.63, 3.8) is 0 Å². The van der Waals surface area contributed by atoms with Crippen molar-refractivity contribution in [2.45, 2.75) is 30.2 Å². The minimum absolute atomic E-state index is 0.229. The molecule has 0 spiro atoms. The van der Waals surface area contributed by atoms with E-state index in [0.29, 0.717) is 30.6 Å². The Kier molecular flexibility index (Phi) is 4.94. The maximum Gasteiger partial charge on any atom is 0.257 e. The fourth-order valence-corrected chi connectivity index (χ4v) is 5.15. The highest BCUT2D eigenvalue weighted by atomic mass is 32.2. The zero-order valence-electron chi connectivity index (χ0n) is 14.8. The van der Waals surface area contributed by atoms with E-state index in [9.17, 15) is 17.2 Å². The van der Waals surface area contributed by atoms with Crippen molar-refractivity contribution in [1.29, 1.82) is 0 Å². The highest BCUT2D eigenvalue weighted by Gasteiger charge is 2.37. The summed E-state index contributed by atoms with van der Waals surface area (Å²) >= 11 is 0. The van der Waals surface area contributed by atoms with Gasteiger partial charge in [-0.3, -0.25) is 0 Å². The third-order valence-electron chi connectivity index (χ3n) is 4.71. The topological polar surface area (TPSA) is 76.3 Å². The molecule has 0 aliphatic carbocycles. The van der Waals surface area contributed by atoms with Crippen LogP contribution in [0.3, 0.4) is 0 Å². The number of aromatic nitrogens is 2. The van der Waals surface area contributed by atoms with Crippen LogP contribution in [0, 0.1) is 11.6 Å². The second kappa shape index (κ2) is 7.40. The smallest absolute Gasteiger partial charge is 0.257 e. The van der Waals surface area contributed by atoms with Crippen LogP contribution in [-0.2, 0) is 16.4 Å². The van der Waals surface area contributed by atoms with Gasteiger partial charge in [0.05, 0.1) is 0 Å². The van der Waals surface area contributed by atoms with Crippen LogP contribution < -0.4 is 0 Å². The molecule has 1 unspecified atom stereocenters. The summed E-state index contributed by atoms with van der Waals surface area (Å²) in [5.41, 5.74) is 0.763. The van der Waals surface area contributed by atoms with Gasteiger partial charge in [-0.25, -0.2) is 17.2 Å². The molecule has 1 aliphatic heterocycles. The number of rotatable bonds is 5. The van der Waals surface area contributed by atoms with Crippen molar-refractivity contribution in [3.05, 3.63) is 66.0 Å². The molecule has 1 aliphatic rings. The normalized spacial score (nSPS) is 17.9. The zero-order chi connectivity index (χ0) is 19.7. The van der Waals surface area contributed by atoms with Crippen LogP contribution in [0.25, 0.3) is 11.5 Å². The molecule has 146 valence electrons. The Labute approximate surface area is 160 Å². The fourth-order valence-electron chi connectivity index (χ4n) is 3.38. The lowest BCUT2D eigenvalue weighted by molar-refractivity contribution is 0.368. The van der Waals surface area contributed by atoms with Crippen LogP contribution in [0.15, 0.2) is 57.9 Å². The number of benzene rings is 2. The van der Waals surface area contributed by atoms with Gasteiger partial charge in [0.2, 0.25) is 10.0 Å². The Bertz CT molecular complexity index is 1090. The molecular formula is C19H17F2N3O3S. The third-order valence-corrected chi connectivity index (χ3v) is 6.68. The summed E-state index contributed by atoms with van der Waals surface area (Å²) < 4.78 is 59.8. The predicted octanol–water partition coefficient (Wildman–Crippen LogP) is 3.41. The Morgan fingerprint density at radius 1 is 1.14 bits per heavy atom. The monoisotopic (exact) mass is 405 g/mol. The second-order valence-electron chi connectivity index (χ2n) is 6.57. The molecule has 1 fully saturated rings. The number of hydrogen-bond donors (Lipinski definition) is 0. The number of halogens is 2. The lowest BCUT2D eigenvalue weighted by Crippen LogP contribution is -2.37. The number of sulfonamides is 1. The van der Waals surface area contributed by atoms with E-state index in [0.717, 1.165) is 17.7 Å². The van der Waals surface area contributed by atoms with Crippen LogP contribution in [0.2, 0.25) is 0 Å². The minimum Gasteiger partial charge on any atom is -0.334 e. The van der Waals surface area contributed by atoms with E-state index in [1.54, 1.807) is 0 Å². The molecule has 4 rings (SSSR count). The maximum atomic E-state index is 14.1. The van der Waals surface area contributed by atoms with Crippen LogP contribution in [0.1, 0.15) is 18.7 Å². The highest BCUT2D eigenvalue weighted by molar-refractivity contribution is 7.89. The quantitative estimate of drug-likeness (QED) is 0.650. The molecule has 0 amide bonds. The van der Waals surface area contributed by atoms with Gasteiger partial charge in [0, 0.05) is 24.6 Å². The van der Waals surface area contributed by atoms with Gasteiger partial charge in [-0.05, 0) is 43.2 Å². The first kappa shape index (κ1) is 18.7. The minimum atomic E-state index is -4.17. The van der Waals surface area contributed by atoms with E-state index < -0.39 is 32.6 Å². The molecule has 6 nitrogen and oxygen atoms in total. The molecule has 0 bridgehead atoms. The summed E-state index contributed by atoms with van der Waals surface area (Å²) in [6.45, 7) is 0.229. The van der Waals surface area contributed by atoms with E-state index in [1.165, 1.54) is 4.31 Å². The van der Waals surface area contributed by atoms with Gasteiger partial charge in [-0.2, -0.15) is 9.29 Å². The largest absolute Gasteiger partial charge is 0.334 e. The molecule has 9 heteroatoms. The van der Waals surface area contributed by atoms with Crippen LogP contribution in [0.4, 0.5) is 8.78 Å². The fraction of sp³-hybridized carbons (Fsp3) is 0.263. The van der Waals surface area contributed by atoms with Gasteiger partial charge in [0.1, 0.15) is 16.5 Å². The molecule has 2 aromatic carbocycles. The number of hydrogen-bond acceptors (Lipinski definition) is 5. The lowest BCUT2D eigenvalue weighted by atomic mass is 10.1. The SMILES string of the molecule is O=S(=O)(c1cc(F)ccc1F)N1CCCC1Cc1noc(-c2ccccc2)n1. The molecule has 1 aromatic heterocycles. The van der Waals surface area contributed by atoms with E-state index in [1.807, 2.05) is 30.3 Å². The van der Waals surface area contributed by atoms with Gasteiger partial charge >= 0.3 is 0 Å². The first-order chi connectivity index (χ1) is 13.4. The molecule has 1 atom stereocenters. The first-order valence-electron chi connectivity index (χ1n) is 8.80. The van der Waals surface area contributed by atoms with Crippen molar-refractivity contribution >= 4 is 10.0 Å². The maximum absolute atomic E-state index is 14.1. The number of nitrogens with zero attached hydrogens (tertiary/aromatic N) is 3. The lowest BCUT2D eigenvalue weighted by Gasteiger charge is -2.23. The Balaban J connectivity index is 1.57. The van der Waals surface area contributed by atoms with Crippen molar-refractivity contribution in [1.82, 2.24) is 14.4 Å². The summed E-state index contributed by atoms with van der Waals surface area (Å²) in [4.78, 5) is 3.68. The Morgan fingerprint density at radius 2 is 1.93 bits per heavy atom. The van der Waals surface area contributed by atoms with Gasteiger partial charge < -0.3 is 4.52 Å². The summed E-state index contributed by atoms with van der Waals surface area (Å²) in [6.07, 6.45) is 1.42. The molecule has 1 saturated heterocycles. The van der Waals surface area contributed by atoms with Crippen molar-refractivity contribution in [3.8, 4) is 11.5 Å². The van der Waals surface area contributed by atoms with Crippen molar-refractivity contribution in [2.75, 3.05) is 6.54 Å². The summed E-state index contributed by atoms with van der Waals surface area (Å²) in [6, 6.07) is 11.2. The molecule has 2 heterocycles. The van der Waals surface area contributed by atoms with E-state index in [-0.39, 0.29) is 13.0 Å². The summed E-state index contributed by atoms with van der Waals surface area (Å²) in [5, 5.41) is 3.94. The molecule has 0 radical (unpaired) electrons. The van der Waals surface area contributed by atoms with Gasteiger partial charge in [0.15, 0.2) is 5.82 Å². The Morgan fingerprint density at radius 3 is 2.71 bits per heavy atom. The predicted molar refractivity (Wildman–Crippen MR) is 96.7 cm³/mol. The van der Waals surface area contributed by atoms with Gasteiger partial charge in [-0.1, -0.05) is 23.4 Å². The average molecular weight is 405 g/mol. The van der Waals surface area contributed by atoms with Crippen molar-refractivity contribution < 1.29 is 21.7 Å². The van der Waals surface area contributed by atoms with E-state index in [4.69, 9.17) is 4.52 Å². The van der Waals surface area contributed by atoms with Crippen LogP contribution >= 0.6 is 0 Å². The van der Waals surface area contributed by atoms with Gasteiger partial charge in [0.25, 0.3) is 5.89 Å². The second-order valence-corrected chi connectivity index (χ2v) is 8.43. The third kappa shape index (κ3) is 3.55. The summed E-state index contributed by atoms with van der Waals surface area (Å²) in [5.74, 6) is -1.07. The van der Waals surface area contributed by atoms with Crippen molar-refractivity contribution in [2.24, 2.45) is 0 Å². The van der Waals surface area contributed by atoms with E-state index >= 15 is 0 Å². The Hall–Kier alpha value is -2.65. The van der Waals surface area contributed by atoms with E-state index in [2.05, 4.69) is 10.1 Å². The molecule has 28 heavy (non-hydrogen) atoms. The molecule has 3 aromatic rings. The highest BCUT2D eigenvalue weighted by Crippen LogP contribution is 2.29. The molecule has 0 N–H and O–H groups in total. The van der Waals surface area contributed by atoms with Crippen LogP contribution in [-0.4, -0.2) is 35.5 Å². The molecule has 0 saturated carbocycles. The first-order valence-corrected chi connectivity index (χ1v) is 10.2.